The van der Waals surface area contributed by atoms with Crippen LogP contribution < -0.4 is 5.43 Å². The normalized spacial score (nSPS) is 15.7. The molecule has 2 aromatic rings. The van der Waals surface area contributed by atoms with Crippen LogP contribution in [0.2, 0.25) is 0 Å². The van der Waals surface area contributed by atoms with E-state index in [9.17, 15) is 4.79 Å². The maximum Gasteiger partial charge on any atom is 0.273 e. The topological polar surface area (TPSA) is 73.4 Å². The molecular formula is C20H25N5O. The first kappa shape index (κ1) is 18.1. The summed E-state index contributed by atoms with van der Waals surface area (Å²) in [5, 5.41) is 4.19. The van der Waals surface area contributed by atoms with Gasteiger partial charge in [0.2, 0.25) is 0 Å². The van der Waals surface area contributed by atoms with E-state index >= 15 is 0 Å². The van der Waals surface area contributed by atoms with Gasteiger partial charge >= 0.3 is 0 Å². The Morgan fingerprint density at radius 1 is 1.23 bits per heavy atom. The Morgan fingerprint density at radius 3 is 2.65 bits per heavy atom. The molecule has 1 amide bonds. The van der Waals surface area contributed by atoms with E-state index in [2.05, 4.69) is 53.1 Å². The summed E-state index contributed by atoms with van der Waals surface area (Å²) in [5.74, 6) is -0.194. The SMILES string of the molecule is CCN(CC)Cc1c(C)[nH]c(/C=C2/C(=O)NN=C2c2cccnc2)c1C. The van der Waals surface area contributed by atoms with Gasteiger partial charge in [0.05, 0.1) is 5.57 Å². The zero-order valence-electron chi connectivity index (χ0n) is 15.8. The van der Waals surface area contributed by atoms with Crippen LogP contribution in [-0.4, -0.2) is 39.6 Å². The summed E-state index contributed by atoms with van der Waals surface area (Å²) >= 11 is 0. The van der Waals surface area contributed by atoms with E-state index < -0.39 is 0 Å². The van der Waals surface area contributed by atoms with E-state index in [4.69, 9.17) is 0 Å². The lowest BCUT2D eigenvalue weighted by Crippen LogP contribution is -2.22. The first-order chi connectivity index (χ1) is 12.5. The average molecular weight is 351 g/mol. The van der Waals surface area contributed by atoms with Gasteiger partial charge in [-0.05, 0) is 56.3 Å². The summed E-state index contributed by atoms with van der Waals surface area (Å²) in [6.45, 7) is 11.4. The minimum atomic E-state index is -0.194. The minimum Gasteiger partial charge on any atom is -0.359 e. The highest BCUT2D eigenvalue weighted by Crippen LogP contribution is 2.24. The Balaban J connectivity index is 1.96. The van der Waals surface area contributed by atoms with E-state index in [1.165, 1.54) is 11.1 Å². The first-order valence-corrected chi connectivity index (χ1v) is 8.96. The highest BCUT2D eigenvalue weighted by Gasteiger charge is 2.25. The maximum atomic E-state index is 12.3. The number of carbonyl (C=O) groups is 1. The number of amides is 1. The summed E-state index contributed by atoms with van der Waals surface area (Å²) in [4.78, 5) is 22.2. The van der Waals surface area contributed by atoms with Crippen molar-refractivity contribution in [3.8, 4) is 0 Å². The van der Waals surface area contributed by atoms with E-state index in [1.807, 2.05) is 18.2 Å². The molecule has 0 aromatic carbocycles. The third-order valence-electron chi connectivity index (χ3n) is 4.90. The van der Waals surface area contributed by atoms with Crippen LogP contribution in [0, 0.1) is 13.8 Å². The third kappa shape index (κ3) is 3.46. The van der Waals surface area contributed by atoms with Gasteiger partial charge < -0.3 is 4.98 Å². The summed E-state index contributed by atoms with van der Waals surface area (Å²) in [6, 6.07) is 3.74. The molecule has 0 radical (unpaired) electrons. The zero-order valence-corrected chi connectivity index (χ0v) is 15.8. The summed E-state index contributed by atoms with van der Waals surface area (Å²) in [5.41, 5.74) is 9.11. The van der Waals surface area contributed by atoms with E-state index in [0.717, 1.165) is 36.6 Å². The number of carbonyl (C=O) groups excluding carboxylic acids is 1. The number of hydrazone groups is 1. The molecule has 1 aliphatic heterocycles. The van der Waals surface area contributed by atoms with Crippen molar-refractivity contribution in [2.45, 2.75) is 34.2 Å². The lowest BCUT2D eigenvalue weighted by atomic mass is 10.0. The number of nitrogens with one attached hydrogen (secondary N) is 2. The van der Waals surface area contributed by atoms with Gasteiger partial charge in [0.25, 0.3) is 5.91 Å². The van der Waals surface area contributed by atoms with Crippen molar-refractivity contribution in [1.29, 1.82) is 0 Å². The Bertz CT molecular complexity index is 860. The van der Waals surface area contributed by atoms with Crippen molar-refractivity contribution in [2.24, 2.45) is 5.10 Å². The van der Waals surface area contributed by atoms with Gasteiger partial charge in [0.1, 0.15) is 5.71 Å². The largest absolute Gasteiger partial charge is 0.359 e. The number of H-pyrrole nitrogens is 1. The van der Waals surface area contributed by atoms with Crippen molar-refractivity contribution in [3.63, 3.8) is 0 Å². The molecule has 0 saturated carbocycles. The summed E-state index contributed by atoms with van der Waals surface area (Å²) in [7, 11) is 0. The van der Waals surface area contributed by atoms with Crippen molar-refractivity contribution in [3.05, 3.63) is 58.2 Å². The molecule has 0 atom stereocenters. The molecule has 0 saturated heterocycles. The molecule has 0 bridgehead atoms. The number of pyridine rings is 1. The van der Waals surface area contributed by atoms with Crippen LogP contribution >= 0.6 is 0 Å². The lowest BCUT2D eigenvalue weighted by molar-refractivity contribution is -0.116. The van der Waals surface area contributed by atoms with Crippen molar-refractivity contribution in [2.75, 3.05) is 13.1 Å². The number of hydrogen-bond acceptors (Lipinski definition) is 4. The van der Waals surface area contributed by atoms with Gasteiger partial charge in [-0.25, -0.2) is 5.43 Å². The van der Waals surface area contributed by atoms with Crippen LogP contribution in [0.1, 0.15) is 41.9 Å². The van der Waals surface area contributed by atoms with Gasteiger partial charge in [-0.3, -0.25) is 14.7 Å². The Kier molecular flexibility index (Phi) is 5.32. The summed E-state index contributed by atoms with van der Waals surface area (Å²) in [6.07, 6.45) is 5.31. The molecule has 3 rings (SSSR count). The Labute approximate surface area is 154 Å². The molecule has 6 heteroatoms. The first-order valence-electron chi connectivity index (χ1n) is 8.96. The van der Waals surface area contributed by atoms with E-state index in [-0.39, 0.29) is 5.91 Å². The second-order valence-electron chi connectivity index (χ2n) is 6.43. The predicted octanol–water partition coefficient (Wildman–Crippen LogP) is 2.79. The molecule has 2 N–H and O–H groups in total. The Morgan fingerprint density at radius 2 is 2.00 bits per heavy atom. The second-order valence-corrected chi connectivity index (χ2v) is 6.43. The van der Waals surface area contributed by atoms with Crippen LogP contribution in [0.3, 0.4) is 0 Å². The molecule has 3 heterocycles. The average Bonchev–Trinajstić information content (AvgIpc) is 3.14. The van der Waals surface area contributed by atoms with Crippen LogP contribution in [0.4, 0.5) is 0 Å². The van der Waals surface area contributed by atoms with Crippen LogP contribution in [0.15, 0.2) is 35.2 Å². The fourth-order valence-corrected chi connectivity index (χ4v) is 3.20. The number of aryl methyl sites for hydroxylation is 1. The van der Waals surface area contributed by atoms with Crippen LogP contribution in [0.25, 0.3) is 6.08 Å². The fraction of sp³-hybridized carbons (Fsp3) is 0.350. The number of rotatable bonds is 6. The zero-order chi connectivity index (χ0) is 18.7. The maximum absolute atomic E-state index is 12.3. The number of nitrogens with zero attached hydrogens (tertiary/aromatic N) is 3. The molecule has 0 fully saturated rings. The quantitative estimate of drug-likeness (QED) is 0.786. The second kappa shape index (κ2) is 7.66. The molecule has 2 aromatic heterocycles. The number of hydrogen-bond donors (Lipinski definition) is 2. The van der Waals surface area contributed by atoms with E-state index in [1.54, 1.807) is 12.4 Å². The molecule has 0 aliphatic carbocycles. The number of aromatic amines is 1. The molecule has 6 nitrogen and oxygen atoms in total. The van der Waals surface area contributed by atoms with Gasteiger partial charge in [0.15, 0.2) is 0 Å². The molecule has 0 spiro atoms. The standard InChI is InChI=1S/C20H25N5O/c1-5-25(6-2)12-17-13(3)18(22-14(17)4)10-16-19(23-24-20(16)26)15-8-7-9-21-11-15/h7-11,22H,5-6,12H2,1-4H3,(H,24,26)/b16-10+. The smallest absolute Gasteiger partial charge is 0.273 e. The van der Waals surface area contributed by atoms with Gasteiger partial charge in [-0.15, -0.1) is 0 Å². The lowest BCUT2D eigenvalue weighted by Gasteiger charge is -2.18. The summed E-state index contributed by atoms with van der Waals surface area (Å²) < 4.78 is 0. The van der Waals surface area contributed by atoms with Crippen molar-refractivity contribution in [1.82, 2.24) is 20.3 Å². The molecule has 136 valence electrons. The highest BCUT2D eigenvalue weighted by molar-refractivity contribution is 6.33. The van der Waals surface area contributed by atoms with Crippen molar-refractivity contribution >= 4 is 17.7 Å². The molecule has 26 heavy (non-hydrogen) atoms. The Hall–Kier alpha value is -2.73. The fourth-order valence-electron chi connectivity index (χ4n) is 3.20. The van der Waals surface area contributed by atoms with E-state index in [0.29, 0.717) is 11.3 Å². The van der Waals surface area contributed by atoms with Crippen LogP contribution in [-0.2, 0) is 11.3 Å². The van der Waals surface area contributed by atoms with Gasteiger partial charge in [-0.1, -0.05) is 13.8 Å². The van der Waals surface area contributed by atoms with Gasteiger partial charge in [-0.2, -0.15) is 5.10 Å². The third-order valence-corrected chi connectivity index (χ3v) is 4.90. The van der Waals surface area contributed by atoms with Gasteiger partial charge in [0, 0.05) is 35.9 Å². The molecular weight excluding hydrogens is 326 g/mol. The molecule has 0 unspecified atom stereocenters. The highest BCUT2D eigenvalue weighted by atomic mass is 16.2. The monoisotopic (exact) mass is 351 g/mol. The van der Waals surface area contributed by atoms with Crippen molar-refractivity contribution < 1.29 is 4.79 Å². The van der Waals surface area contributed by atoms with Crippen LogP contribution in [0.5, 0.6) is 0 Å². The predicted molar refractivity (Wildman–Crippen MR) is 104 cm³/mol. The minimum absolute atomic E-state index is 0.194. The molecule has 1 aliphatic rings. The number of aromatic nitrogens is 2.